The van der Waals surface area contributed by atoms with Crippen LogP contribution in [0.5, 0.6) is 0 Å². The van der Waals surface area contributed by atoms with E-state index in [4.69, 9.17) is 4.74 Å². The number of nitrogens with one attached hydrogen (secondary N) is 2. The van der Waals surface area contributed by atoms with Crippen LogP contribution in [0.1, 0.15) is 37.8 Å². The maximum atomic E-state index is 12.8. The van der Waals surface area contributed by atoms with Gasteiger partial charge in [0.1, 0.15) is 6.61 Å². The third kappa shape index (κ3) is 10.4. The molecule has 3 aromatic rings. The number of amides is 2. The fraction of sp³-hybridized carbons (Fsp3) is 0.357. The van der Waals surface area contributed by atoms with E-state index in [1.54, 1.807) is 11.3 Å². The van der Waals surface area contributed by atoms with E-state index in [0.29, 0.717) is 13.0 Å². The fourth-order valence-corrected chi connectivity index (χ4v) is 5.25. The number of aryl methyl sites for hydroxylation is 1. The van der Waals surface area contributed by atoms with E-state index in [9.17, 15) is 14.5 Å². The number of hydrogen-bond acceptors (Lipinski definition) is 6. The summed E-state index contributed by atoms with van der Waals surface area (Å²) >= 11 is 1.72. The molecular formula is C28H34N3O4PS. The van der Waals surface area contributed by atoms with Crippen LogP contribution in [0.2, 0.25) is 0 Å². The van der Waals surface area contributed by atoms with Crippen molar-refractivity contribution in [3.8, 4) is 10.4 Å². The molecule has 1 unspecified atom stereocenters. The molecule has 196 valence electrons. The highest BCUT2D eigenvalue weighted by Gasteiger charge is 2.22. The van der Waals surface area contributed by atoms with Crippen molar-refractivity contribution in [3.05, 3.63) is 83.2 Å². The minimum atomic E-state index is -2.15. The highest BCUT2D eigenvalue weighted by atomic mass is 32.1. The lowest BCUT2D eigenvalue weighted by atomic mass is 10.0. The lowest BCUT2D eigenvalue weighted by Crippen LogP contribution is -2.35. The van der Waals surface area contributed by atoms with Crippen LogP contribution in [-0.2, 0) is 22.6 Å². The van der Waals surface area contributed by atoms with Gasteiger partial charge in [0.2, 0.25) is 5.91 Å². The molecule has 0 aliphatic heterocycles. The Morgan fingerprint density at radius 2 is 1.76 bits per heavy atom. The second-order valence-corrected chi connectivity index (χ2v) is 11.3. The van der Waals surface area contributed by atoms with Crippen LogP contribution in [0.3, 0.4) is 0 Å². The Morgan fingerprint density at radius 1 is 1.00 bits per heavy atom. The summed E-state index contributed by atoms with van der Waals surface area (Å²) in [6, 6.07) is 21.2. The van der Waals surface area contributed by atoms with E-state index >= 15 is 0 Å². The Labute approximate surface area is 223 Å². The molecule has 9 heteroatoms. The predicted octanol–water partition coefficient (Wildman–Crippen LogP) is 5.70. The van der Waals surface area contributed by atoms with Gasteiger partial charge in [-0.05, 0) is 53.3 Å². The molecule has 2 N–H and O–H groups in total. The molecule has 3 rings (SSSR count). The van der Waals surface area contributed by atoms with Crippen LogP contribution in [0, 0.1) is 5.92 Å². The van der Waals surface area contributed by atoms with Gasteiger partial charge in [-0.1, -0.05) is 79.3 Å². The third-order valence-electron chi connectivity index (χ3n) is 5.54. The van der Waals surface area contributed by atoms with Gasteiger partial charge < -0.3 is 14.9 Å². The molecule has 1 aromatic heterocycles. The minimum Gasteiger partial charge on any atom is -0.611 e. The zero-order valence-electron chi connectivity index (χ0n) is 21.3. The Kier molecular flexibility index (Phi) is 11.8. The second-order valence-electron chi connectivity index (χ2n) is 9.08. The lowest BCUT2D eigenvalue weighted by Gasteiger charge is -2.14. The maximum absolute atomic E-state index is 12.8. The monoisotopic (exact) mass is 539 g/mol. The first kappa shape index (κ1) is 28.5. The molecule has 0 radical (unpaired) electrons. The third-order valence-corrected chi connectivity index (χ3v) is 7.42. The molecule has 2 atom stereocenters. The van der Waals surface area contributed by atoms with Gasteiger partial charge in [0.05, 0.1) is 0 Å². The number of nitrogens with zero attached hydrogens (tertiary/aromatic N) is 1. The summed E-state index contributed by atoms with van der Waals surface area (Å²) in [4.78, 5) is 38.4. The van der Waals surface area contributed by atoms with Gasteiger partial charge in [0.25, 0.3) is 0 Å². The summed E-state index contributed by atoms with van der Waals surface area (Å²) in [6.45, 7) is 4.61. The molecule has 2 amide bonds. The van der Waals surface area contributed by atoms with E-state index < -0.39 is 20.1 Å². The highest BCUT2D eigenvalue weighted by molar-refractivity contribution is 7.39. The van der Waals surface area contributed by atoms with Crippen molar-refractivity contribution in [3.63, 3.8) is 0 Å². The lowest BCUT2D eigenvalue weighted by molar-refractivity contribution is -0.156. The highest BCUT2D eigenvalue weighted by Crippen LogP contribution is 2.25. The normalized spacial score (nSPS) is 12.3. The van der Waals surface area contributed by atoms with Crippen molar-refractivity contribution < 1.29 is 19.2 Å². The zero-order chi connectivity index (χ0) is 26.5. The molecule has 0 bridgehead atoms. The largest absolute Gasteiger partial charge is 0.611 e. The Balaban J connectivity index is 1.41. The SMILES string of the molecule is CC(C)C[C@H](N=[P+]([O-])CNC(=O)OCc1ccccc1)C(=O)NCCCc1ccc(-c2cccs2)cc1. The molecule has 0 saturated heterocycles. The summed E-state index contributed by atoms with van der Waals surface area (Å²) < 4.78 is 9.33. The molecule has 2 aromatic carbocycles. The molecular weight excluding hydrogens is 505 g/mol. The first-order valence-corrected chi connectivity index (χ1v) is 14.7. The molecule has 1 heterocycles. The molecule has 0 spiro atoms. The molecule has 0 aliphatic rings. The number of thiophene rings is 1. The fourth-order valence-electron chi connectivity index (χ4n) is 3.66. The van der Waals surface area contributed by atoms with Gasteiger partial charge in [0, 0.05) is 11.4 Å². The molecule has 37 heavy (non-hydrogen) atoms. The van der Waals surface area contributed by atoms with Gasteiger partial charge in [-0.3, -0.25) is 10.1 Å². The average molecular weight is 540 g/mol. The second kappa shape index (κ2) is 15.3. The molecule has 0 fully saturated rings. The number of benzene rings is 2. The molecule has 0 saturated carbocycles. The first-order valence-electron chi connectivity index (χ1n) is 12.4. The topological polar surface area (TPSA) is 103 Å². The van der Waals surface area contributed by atoms with Gasteiger partial charge in [-0.25, -0.2) is 4.79 Å². The summed E-state index contributed by atoms with van der Waals surface area (Å²) in [6.07, 6.45) is 1.28. The van der Waals surface area contributed by atoms with Gasteiger partial charge in [0.15, 0.2) is 20.3 Å². The number of carbonyl (C=O) groups is 2. The van der Waals surface area contributed by atoms with E-state index in [-0.39, 0.29) is 24.7 Å². The van der Waals surface area contributed by atoms with Crippen molar-refractivity contribution in [1.82, 2.24) is 10.6 Å². The van der Waals surface area contributed by atoms with Crippen molar-refractivity contribution in [2.75, 3.05) is 12.8 Å². The number of hydrogen-bond donors (Lipinski definition) is 2. The molecule has 0 aliphatic carbocycles. The number of ether oxygens (including phenoxy) is 1. The molecule has 7 nitrogen and oxygen atoms in total. The van der Waals surface area contributed by atoms with Crippen LogP contribution in [-0.4, -0.2) is 30.9 Å². The van der Waals surface area contributed by atoms with Crippen molar-refractivity contribution >= 4 is 31.3 Å². The van der Waals surface area contributed by atoms with E-state index in [1.165, 1.54) is 16.0 Å². The summed E-state index contributed by atoms with van der Waals surface area (Å²) in [5, 5.41) is 7.46. The van der Waals surface area contributed by atoms with Gasteiger partial charge in [-0.15, -0.1) is 11.3 Å². The number of rotatable bonds is 13. The number of carbonyl (C=O) groups excluding carboxylic acids is 2. The van der Waals surface area contributed by atoms with Crippen LogP contribution >= 0.6 is 19.3 Å². The van der Waals surface area contributed by atoms with E-state index in [1.807, 2.05) is 50.2 Å². The average Bonchev–Trinajstić information content (AvgIpc) is 3.44. The Hall–Kier alpha value is -3.06. The smallest absolute Gasteiger partial charge is 0.410 e. The first-order chi connectivity index (χ1) is 17.9. The predicted molar refractivity (Wildman–Crippen MR) is 148 cm³/mol. The quantitative estimate of drug-likeness (QED) is 0.215. The standard InChI is InChI=1S/C28H34N3O4PS/c1-21(2)18-25(31-36(34)20-30-28(33)35-19-23-8-4-3-5-9-23)27(32)29-16-6-10-22-12-14-24(15-13-22)26-11-7-17-37-26/h3-5,7-9,11-15,17,21,25H,6,10,16,18-20H2,1-2H3,(H,29,32)(H,30,33)/t25-/m0/s1. The van der Waals surface area contributed by atoms with E-state index in [0.717, 1.165) is 18.4 Å². The van der Waals surface area contributed by atoms with Crippen molar-refractivity contribution in [1.29, 1.82) is 0 Å². The van der Waals surface area contributed by atoms with E-state index in [2.05, 4.69) is 51.1 Å². The Bertz CT molecular complexity index is 1140. The van der Waals surface area contributed by atoms with Gasteiger partial charge in [-0.2, -0.15) is 0 Å². The van der Waals surface area contributed by atoms with Crippen molar-refractivity contribution in [2.24, 2.45) is 10.7 Å². The number of alkyl carbamates (subject to hydrolysis) is 1. The minimum absolute atomic E-state index is 0.123. The van der Waals surface area contributed by atoms with Crippen LogP contribution in [0.25, 0.3) is 10.4 Å². The summed E-state index contributed by atoms with van der Waals surface area (Å²) in [5.74, 6) is -0.0368. The summed E-state index contributed by atoms with van der Waals surface area (Å²) in [7, 11) is -2.15. The van der Waals surface area contributed by atoms with Crippen molar-refractivity contribution in [2.45, 2.75) is 45.8 Å². The van der Waals surface area contributed by atoms with Crippen LogP contribution < -0.4 is 15.5 Å². The van der Waals surface area contributed by atoms with Crippen LogP contribution in [0.15, 0.2) is 76.9 Å². The zero-order valence-corrected chi connectivity index (χ0v) is 23.0. The maximum Gasteiger partial charge on any atom is 0.410 e. The van der Waals surface area contributed by atoms with Gasteiger partial charge >= 0.3 is 6.09 Å². The Morgan fingerprint density at radius 3 is 2.43 bits per heavy atom. The van der Waals surface area contributed by atoms with Crippen LogP contribution in [0.4, 0.5) is 4.79 Å². The summed E-state index contributed by atoms with van der Waals surface area (Å²) in [5.41, 5.74) is 3.28.